The summed E-state index contributed by atoms with van der Waals surface area (Å²) in [5, 5.41) is 12.6. The number of aryl methyl sites for hydroxylation is 1. The highest BCUT2D eigenvalue weighted by Gasteiger charge is 2.28. The molecule has 0 saturated carbocycles. The number of benzene rings is 2. The molecule has 3 heterocycles. The molecule has 5 rings (SSSR count). The summed E-state index contributed by atoms with van der Waals surface area (Å²) in [6.07, 6.45) is 1.41. The van der Waals surface area contributed by atoms with Gasteiger partial charge in [0.2, 0.25) is 11.9 Å². The third-order valence-electron chi connectivity index (χ3n) is 5.19. The molecule has 11 heteroatoms. The van der Waals surface area contributed by atoms with E-state index in [1.807, 2.05) is 60.0 Å². The number of nitrogens with two attached hydrogens (primary N) is 1. The van der Waals surface area contributed by atoms with Crippen LogP contribution in [0.3, 0.4) is 0 Å². The normalized spacial score (nSPS) is 14.5. The topological polar surface area (TPSA) is 126 Å². The maximum Gasteiger partial charge on any atom is 0.232 e. The lowest BCUT2D eigenvalue weighted by atomic mass is 10.2. The molecule has 35 heavy (non-hydrogen) atoms. The number of hydrogen-bond acceptors (Lipinski definition) is 10. The van der Waals surface area contributed by atoms with E-state index >= 15 is 0 Å². The maximum atomic E-state index is 6.13. The van der Waals surface area contributed by atoms with Crippen LogP contribution in [0.15, 0.2) is 66.3 Å². The molecule has 2 aromatic carbocycles. The van der Waals surface area contributed by atoms with E-state index < -0.39 is 0 Å². The number of anilines is 3. The minimum atomic E-state index is -0.384. The van der Waals surface area contributed by atoms with E-state index in [1.165, 1.54) is 17.3 Å². The molecule has 1 atom stereocenters. The van der Waals surface area contributed by atoms with Gasteiger partial charge in [0.1, 0.15) is 12.4 Å². The monoisotopic (exact) mass is 488 g/mol. The number of aromatic nitrogens is 6. The molecular weight excluding hydrogens is 464 g/mol. The summed E-state index contributed by atoms with van der Waals surface area (Å²) in [6, 6.07) is 15.5. The van der Waals surface area contributed by atoms with Crippen molar-refractivity contribution >= 4 is 29.3 Å². The van der Waals surface area contributed by atoms with Crippen LogP contribution in [-0.4, -0.2) is 36.3 Å². The quantitative estimate of drug-likeness (QED) is 0.277. The fraction of sp³-hybridized carbons (Fsp3) is 0.208. The van der Waals surface area contributed by atoms with Crippen LogP contribution in [0.5, 0.6) is 11.5 Å². The number of ether oxygens (including phenoxy) is 2. The molecule has 4 aromatic rings. The van der Waals surface area contributed by atoms with Gasteiger partial charge in [0.15, 0.2) is 28.6 Å². The Morgan fingerprint density at radius 1 is 1.11 bits per heavy atom. The Morgan fingerprint density at radius 2 is 1.91 bits per heavy atom. The smallest absolute Gasteiger partial charge is 0.232 e. The fourth-order valence-corrected chi connectivity index (χ4v) is 4.36. The number of fused-ring (bicyclic) bond motifs is 1. The van der Waals surface area contributed by atoms with Crippen molar-refractivity contribution in [1.82, 2.24) is 29.7 Å². The zero-order chi connectivity index (χ0) is 24.2. The second-order valence-electron chi connectivity index (χ2n) is 7.82. The van der Waals surface area contributed by atoms with Crippen LogP contribution in [0.1, 0.15) is 23.3 Å². The van der Waals surface area contributed by atoms with E-state index in [9.17, 15) is 0 Å². The predicted molar refractivity (Wildman–Crippen MR) is 134 cm³/mol. The molecular formula is C24H24N8O2S. The largest absolute Gasteiger partial charge is 0.485 e. The van der Waals surface area contributed by atoms with Crippen LogP contribution >= 0.6 is 11.8 Å². The standard InChI is InChI=1S/C24H24N8O2S/c1-3-12-32-21(19-13-33-17-6-4-5-7-18(17)34-19)30-31-24(32)35-14-20-27-22(25)29-23(28-20)26-16-10-8-15(2)9-11-16/h3-11,19H,1,12-14H2,2H3,(H3,25,26,27,28,29)/t19-/m1/s1. The van der Waals surface area contributed by atoms with Gasteiger partial charge in [0.05, 0.1) is 5.75 Å². The van der Waals surface area contributed by atoms with Gasteiger partial charge < -0.3 is 20.5 Å². The number of thioether (sulfide) groups is 1. The van der Waals surface area contributed by atoms with Gasteiger partial charge in [-0.2, -0.15) is 15.0 Å². The van der Waals surface area contributed by atoms with Gasteiger partial charge >= 0.3 is 0 Å². The average Bonchev–Trinajstić information content (AvgIpc) is 3.26. The highest BCUT2D eigenvalue weighted by atomic mass is 32.2. The number of hydrogen-bond donors (Lipinski definition) is 2. The van der Waals surface area contributed by atoms with Crippen LogP contribution < -0.4 is 20.5 Å². The number of nitrogens with one attached hydrogen (secondary N) is 1. The molecule has 1 aliphatic rings. The maximum absolute atomic E-state index is 6.13. The van der Waals surface area contributed by atoms with Crippen LogP contribution in [0, 0.1) is 6.92 Å². The molecule has 0 amide bonds. The van der Waals surface area contributed by atoms with Crippen molar-refractivity contribution in [3.63, 3.8) is 0 Å². The van der Waals surface area contributed by atoms with Gasteiger partial charge in [-0.05, 0) is 31.2 Å². The summed E-state index contributed by atoms with van der Waals surface area (Å²) in [6.45, 7) is 6.76. The van der Waals surface area contributed by atoms with Gasteiger partial charge in [0.25, 0.3) is 0 Å². The van der Waals surface area contributed by atoms with Gasteiger partial charge in [-0.25, -0.2) is 0 Å². The number of nitrogen functional groups attached to an aromatic ring is 1. The van der Waals surface area contributed by atoms with Crippen LogP contribution in [-0.2, 0) is 12.3 Å². The highest BCUT2D eigenvalue weighted by molar-refractivity contribution is 7.98. The Balaban J connectivity index is 1.32. The number of rotatable bonds is 8. The van der Waals surface area contributed by atoms with Gasteiger partial charge in [0, 0.05) is 12.2 Å². The van der Waals surface area contributed by atoms with E-state index in [4.69, 9.17) is 15.2 Å². The Hall–Kier alpha value is -4.12. The fourth-order valence-electron chi connectivity index (χ4n) is 3.55. The summed E-state index contributed by atoms with van der Waals surface area (Å²) >= 11 is 1.45. The van der Waals surface area contributed by atoms with E-state index in [-0.39, 0.29) is 12.1 Å². The second kappa shape index (κ2) is 10.0. The third kappa shape index (κ3) is 5.19. The summed E-state index contributed by atoms with van der Waals surface area (Å²) < 4.78 is 13.9. The zero-order valence-corrected chi connectivity index (χ0v) is 19.9. The van der Waals surface area contributed by atoms with Crippen molar-refractivity contribution in [2.45, 2.75) is 30.5 Å². The molecule has 0 aliphatic carbocycles. The molecule has 0 unspecified atom stereocenters. The van der Waals surface area contributed by atoms with Crippen LogP contribution in [0.2, 0.25) is 0 Å². The lowest BCUT2D eigenvalue weighted by Crippen LogP contribution is -2.25. The Morgan fingerprint density at radius 3 is 2.71 bits per heavy atom. The Labute approximate surface area is 206 Å². The predicted octanol–water partition coefficient (Wildman–Crippen LogP) is 4.09. The molecule has 0 radical (unpaired) electrons. The second-order valence-corrected chi connectivity index (χ2v) is 8.76. The van der Waals surface area contributed by atoms with E-state index in [0.717, 1.165) is 11.4 Å². The first-order chi connectivity index (χ1) is 17.1. The first-order valence-electron chi connectivity index (χ1n) is 11.0. The number of nitrogens with zero attached hydrogens (tertiary/aromatic N) is 6. The average molecular weight is 489 g/mol. The van der Waals surface area contributed by atoms with Gasteiger partial charge in [-0.15, -0.1) is 16.8 Å². The van der Waals surface area contributed by atoms with Crippen molar-refractivity contribution in [1.29, 1.82) is 0 Å². The van der Waals surface area contributed by atoms with Crippen molar-refractivity contribution in [2.75, 3.05) is 17.7 Å². The molecule has 1 aliphatic heterocycles. The molecule has 0 saturated heterocycles. The Kier molecular flexibility index (Phi) is 6.49. The summed E-state index contributed by atoms with van der Waals surface area (Å²) in [7, 11) is 0. The van der Waals surface area contributed by atoms with Crippen LogP contribution in [0.25, 0.3) is 0 Å². The first-order valence-corrected chi connectivity index (χ1v) is 12.0. The lowest BCUT2D eigenvalue weighted by Gasteiger charge is -2.26. The van der Waals surface area contributed by atoms with Crippen LogP contribution in [0.4, 0.5) is 17.6 Å². The van der Waals surface area contributed by atoms with E-state index in [2.05, 4.69) is 37.0 Å². The minimum absolute atomic E-state index is 0.143. The van der Waals surface area contributed by atoms with E-state index in [0.29, 0.717) is 47.4 Å². The lowest BCUT2D eigenvalue weighted by molar-refractivity contribution is 0.0821. The molecule has 0 bridgehead atoms. The van der Waals surface area contributed by atoms with Crippen molar-refractivity contribution < 1.29 is 9.47 Å². The van der Waals surface area contributed by atoms with Gasteiger partial charge in [-0.1, -0.05) is 47.7 Å². The highest BCUT2D eigenvalue weighted by Crippen LogP contribution is 2.36. The number of allylic oxidation sites excluding steroid dienone is 1. The summed E-state index contributed by atoms with van der Waals surface area (Å²) in [5.74, 6) is 3.55. The SMILES string of the molecule is C=CCn1c(SCc2nc(N)nc(Nc3ccc(C)cc3)n2)nnc1[C@H]1COc2ccccc2O1. The molecule has 0 fully saturated rings. The first kappa shape index (κ1) is 22.7. The van der Waals surface area contributed by atoms with Crippen molar-refractivity contribution in [3.05, 3.63) is 78.4 Å². The summed E-state index contributed by atoms with van der Waals surface area (Å²) in [4.78, 5) is 13.0. The third-order valence-corrected chi connectivity index (χ3v) is 6.15. The molecule has 178 valence electrons. The molecule has 3 N–H and O–H groups in total. The van der Waals surface area contributed by atoms with Crippen molar-refractivity contribution in [3.8, 4) is 11.5 Å². The Bertz CT molecular complexity index is 1340. The minimum Gasteiger partial charge on any atom is -0.485 e. The van der Waals surface area contributed by atoms with Crippen molar-refractivity contribution in [2.24, 2.45) is 0 Å². The van der Waals surface area contributed by atoms with E-state index in [1.54, 1.807) is 6.08 Å². The molecule has 0 spiro atoms. The number of para-hydroxylation sites is 2. The zero-order valence-electron chi connectivity index (χ0n) is 19.1. The molecule has 10 nitrogen and oxygen atoms in total. The van der Waals surface area contributed by atoms with Gasteiger partial charge in [-0.3, -0.25) is 4.57 Å². The summed E-state index contributed by atoms with van der Waals surface area (Å²) in [5.41, 5.74) is 7.97. The molecule has 2 aromatic heterocycles.